The highest BCUT2D eigenvalue weighted by atomic mass is 16.3. The fourth-order valence-corrected chi connectivity index (χ4v) is 4.21. The maximum Gasteiger partial charge on any atom is 0.222 e. The number of nitrogens with zero attached hydrogens (tertiary/aromatic N) is 3. The number of hydrogen-bond acceptors (Lipinski definition) is 5. The first-order valence-corrected chi connectivity index (χ1v) is 9.75. The van der Waals surface area contributed by atoms with Crippen LogP contribution in [-0.2, 0) is 17.6 Å². The number of piperidine rings is 1. The molecular formula is C21H26N4O2. The molecule has 1 aromatic carbocycles. The molecule has 0 bridgehead atoms. The van der Waals surface area contributed by atoms with Gasteiger partial charge in [0, 0.05) is 18.7 Å². The summed E-state index contributed by atoms with van der Waals surface area (Å²) in [5.74, 6) is 1.85. The van der Waals surface area contributed by atoms with Gasteiger partial charge in [-0.1, -0.05) is 19.1 Å². The number of amides is 1. The van der Waals surface area contributed by atoms with Gasteiger partial charge in [-0.05, 0) is 50.2 Å². The molecule has 2 aromatic rings. The van der Waals surface area contributed by atoms with Crippen molar-refractivity contribution in [3.05, 3.63) is 35.5 Å². The third-order valence-electron chi connectivity index (χ3n) is 5.77. The fourth-order valence-electron chi connectivity index (χ4n) is 4.21. The van der Waals surface area contributed by atoms with Crippen molar-refractivity contribution in [2.24, 2.45) is 17.6 Å². The van der Waals surface area contributed by atoms with Gasteiger partial charge in [-0.15, -0.1) is 0 Å². The molecule has 27 heavy (non-hydrogen) atoms. The van der Waals surface area contributed by atoms with E-state index in [-0.39, 0.29) is 17.6 Å². The molecule has 1 aliphatic carbocycles. The molecule has 1 saturated heterocycles. The number of phenols is 1. The molecule has 1 aromatic heterocycles. The number of aromatic nitrogens is 2. The number of hydrogen-bond donors (Lipinski definition) is 2. The first-order valence-electron chi connectivity index (χ1n) is 9.75. The van der Waals surface area contributed by atoms with Crippen LogP contribution in [0.4, 0.5) is 5.82 Å². The summed E-state index contributed by atoms with van der Waals surface area (Å²) < 4.78 is 0. The Bertz CT molecular complexity index is 867. The van der Waals surface area contributed by atoms with Gasteiger partial charge in [-0.3, -0.25) is 4.79 Å². The summed E-state index contributed by atoms with van der Waals surface area (Å²) in [5, 5.41) is 10.3. The van der Waals surface area contributed by atoms with Gasteiger partial charge in [0.15, 0.2) is 5.82 Å². The summed E-state index contributed by atoms with van der Waals surface area (Å²) in [7, 11) is 0. The van der Waals surface area contributed by atoms with Gasteiger partial charge in [0.2, 0.25) is 5.91 Å². The highest BCUT2D eigenvalue weighted by molar-refractivity contribution is 5.77. The predicted octanol–water partition coefficient (Wildman–Crippen LogP) is 2.68. The Hall–Kier alpha value is -2.63. The lowest BCUT2D eigenvalue weighted by Gasteiger charge is -2.35. The van der Waals surface area contributed by atoms with E-state index in [2.05, 4.69) is 11.8 Å². The van der Waals surface area contributed by atoms with Crippen molar-refractivity contribution in [2.45, 2.75) is 39.0 Å². The topological polar surface area (TPSA) is 92.3 Å². The van der Waals surface area contributed by atoms with Gasteiger partial charge in [0.1, 0.15) is 11.6 Å². The number of para-hydroxylation sites is 1. The second-order valence-electron chi connectivity index (χ2n) is 7.85. The molecule has 2 heterocycles. The number of phenolic OH excluding ortho intramolecular Hbond substituents is 1. The van der Waals surface area contributed by atoms with Crippen LogP contribution in [0.2, 0.25) is 0 Å². The minimum Gasteiger partial charge on any atom is -0.507 e. The molecule has 3 N–H and O–H groups in total. The van der Waals surface area contributed by atoms with Crippen molar-refractivity contribution in [2.75, 3.05) is 18.0 Å². The maximum atomic E-state index is 11.7. The molecule has 6 heteroatoms. The molecule has 0 saturated carbocycles. The number of nitrogens with two attached hydrogens (primary N) is 1. The molecular weight excluding hydrogens is 340 g/mol. The molecule has 1 fully saturated rings. The second kappa shape index (κ2) is 7.18. The summed E-state index contributed by atoms with van der Waals surface area (Å²) in [6, 6.07) is 7.17. The number of rotatable bonds is 3. The molecule has 4 rings (SSSR count). The summed E-state index contributed by atoms with van der Waals surface area (Å²) in [5.41, 5.74) is 8.47. The number of anilines is 1. The molecule has 2 unspecified atom stereocenters. The van der Waals surface area contributed by atoms with E-state index in [1.165, 1.54) is 5.56 Å². The SMILES string of the molecule is CC1CCc2c(nc(-c3ccccc3O)nc2N2CCCC(C(N)=O)C2)C1. The molecule has 1 aliphatic heterocycles. The summed E-state index contributed by atoms with van der Waals surface area (Å²) in [6.07, 6.45) is 4.74. The first kappa shape index (κ1) is 17.8. The smallest absolute Gasteiger partial charge is 0.222 e. The van der Waals surface area contributed by atoms with Gasteiger partial charge in [0.25, 0.3) is 0 Å². The van der Waals surface area contributed by atoms with Crippen molar-refractivity contribution in [3.63, 3.8) is 0 Å². The Morgan fingerprint density at radius 1 is 1.26 bits per heavy atom. The molecule has 142 valence electrons. The van der Waals surface area contributed by atoms with E-state index in [0.29, 0.717) is 23.9 Å². The Labute approximate surface area is 159 Å². The van der Waals surface area contributed by atoms with Crippen LogP contribution in [0.5, 0.6) is 5.75 Å². The zero-order chi connectivity index (χ0) is 19.0. The van der Waals surface area contributed by atoms with Gasteiger partial charge in [0.05, 0.1) is 17.2 Å². The van der Waals surface area contributed by atoms with Crippen LogP contribution < -0.4 is 10.6 Å². The predicted molar refractivity (Wildman–Crippen MR) is 104 cm³/mol. The largest absolute Gasteiger partial charge is 0.507 e. The zero-order valence-electron chi connectivity index (χ0n) is 15.7. The van der Waals surface area contributed by atoms with Crippen LogP contribution >= 0.6 is 0 Å². The molecule has 6 nitrogen and oxygen atoms in total. The van der Waals surface area contributed by atoms with Gasteiger partial charge < -0.3 is 15.7 Å². The molecule has 2 aliphatic rings. The number of carbonyl (C=O) groups is 1. The molecule has 0 spiro atoms. The Morgan fingerprint density at radius 3 is 2.85 bits per heavy atom. The molecule has 2 atom stereocenters. The number of benzene rings is 1. The van der Waals surface area contributed by atoms with Gasteiger partial charge >= 0.3 is 0 Å². The van der Waals surface area contributed by atoms with E-state index in [1.54, 1.807) is 12.1 Å². The number of primary amides is 1. The van der Waals surface area contributed by atoms with Gasteiger partial charge in [-0.25, -0.2) is 9.97 Å². The highest BCUT2D eigenvalue weighted by Crippen LogP contribution is 2.36. The monoisotopic (exact) mass is 366 g/mol. The number of carbonyl (C=O) groups excluding carboxylic acids is 1. The van der Waals surface area contributed by atoms with E-state index in [9.17, 15) is 9.90 Å². The van der Waals surface area contributed by atoms with Crippen LogP contribution in [0.25, 0.3) is 11.4 Å². The third kappa shape index (κ3) is 3.48. The fraction of sp³-hybridized carbons (Fsp3) is 0.476. The molecule has 0 radical (unpaired) electrons. The average Bonchev–Trinajstić information content (AvgIpc) is 2.67. The maximum absolute atomic E-state index is 11.7. The minimum atomic E-state index is -0.239. The van der Waals surface area contributed by atoms with Gasteiger partial charge in [-0.2, -0.15) is 0 Å². The Balaban J connectivity index is 1.80. The summed E-state index contributed by atoms with van der Waals surface area (Å²) in [4.78, 5) is 23.6. The second-order valence-corrected chi connectivity index (χ2v) is 7.85. The normalized spacial score (nSPS) is 22.3. The van der Waals surface area contributed by atoms with E-state index < -0.39 is 0 Å². The number of fused-ring (bicyclic) bond motifs is 1. The van der Waals surface area contributed by atoms with Crippen molar-refractivity contribution >= 4 is 11.7 Å². The average molecular weight is 366 g/mol. The van der Waals surface area contributed by atoms with Crippen molar-refractivity contribution in [3.8, 4) is 17.1 Å². The highest BCUT2D eigenvalue weighted by Gasteiger charge is 2.30. The lowest BCUT2D eigenvalue weighted by molar-refractivity contribution is -0.122. The lowest BCUT2D eigenvalue weighted by atomic mass is 9.87. The lowest BCUT2D eigenvalue weighted by Crippen LogP contribution is -2.42. The van der Waals surface area contributed by atoms with Crippen LogP contribution in [-0.4, -0.2) is 34.1 Å². The first-order chi connectivity index (χ1) is 13.0. The zero-order valence-corrected chi connectivity index (χ0v) is 15.7. The van der Waals surface area contributed by atoms with Crippen LogP contribution in [0.15, 0.2) is 24.3 Å². The van der Waals surface area contributed by atoms with Crippen molar-refractivity contribution in [1.82, 2.24) is 9.97 Å². The van der Waals surface area contributed by atoms with E-state index in [4.69, 9.17) is 15.7 Å². The standard InChI is InChI=1S/C21H26N4O2/c1-13-8-9-15-17(11-13)23-20(16-6-2-3-7-18(16)26)24-21(15)25-10-4-5-14(12-25)19(22)27/h2-3,6-7,13-14,26H,4-5,8-12H2,1H3,(H2,22,27). The van der Waals surface area contributed by atoms with E-state index in [0.717, 1.165) is 50.2 Å². The van der Waals surface area contributed by atoms with Crippen molar-refractivity contribution < 1.29 is 9.90 Å². The summed E-state index contributed by atoms with van der Waals surface area (Å²) >= 11 is 0. The van der Waals surface area contributed by atoms with Crippen molar-refractivity contribution in [1.29, 1.82) is 0 Å². The quantitative estimate of drug-likeness (QED) is 0.871. The minimum absolute atomic E-state index is 0.138. The third-order valence-corrected chi connectivity index (χ3v) is 5.77. The number of aromatic hydroxyl groups is 1. The Kier molecular flexibility index (Phi) is 4.72. The van der Waals surface area contributed by atoms with E-state index >= 15 is 0 Å². The van der Waals surface area contributed by atoms with E-state index in [1.807, 2.05) is 12.1 Å². The van der Waals surface area contributed by atoms with Crippen LogP contribution in [0.3, 0.4) is 0 Å². The Morgan fingerprint density at radius 2 is 2.07 bits per heavy atom. The van der Waals surface area contributed by atoms with Crippen LogP contribution in [0, 0.1) is 11.8 Å². The molecule has 1 amide bonds. The summed E-state index contributed by atoms with van der Waals surface area (Å²) in [6.45, 7) is 3.71. The van der Waals surface area contributed by atoms with Crippen LogP contribution in [0.1, 0.15) is 37.4 Å².